The fourth-order valence-electron chi connectivity index (χ4n) is 4.50. The van der Waals surface area contributed by atoms with Crippen molar-refractivity contribution in [2.75, 3.05) is 10.3 Å². The standard InChI is InChI=1S/C30H24FN3O5/c1-2-5-18-10-13-21(14-11-18)34-26-15-12-20(31)17-24(26)27(29(34)36)33-32-25-9-4-8-23(28(25)35)19-6-3-7-22(16-19)39-30(37)38/h3-4,6-17,32,35H,2,5H2,1H3,(H,37,38). The number of anilines is 3. The molecule has 0 fully saturated rings. The van der Waals surface area contributed by atoms with Crippen LogP contribution in [-0.2, 0) is 11.2 Å². The van der Waals surface area contributed by atoms with Gasteiger partial charge in [0.1, 0.15) is 17.3 Å². The highest BCUT2D eigenvalue weighted by atomic mass is 19.1. The number of nitrogens with one attached hydrogen (secondary N) is 1. The maximum Gasteiger partial charge on any atom is 0.511 e. The van der Waals surface area contributed by atoms with E-state index < -0.39 is 17.9 Å². The van der Waals surface area contributed by atoms with E-state index in [1.165, 1.54) is 35.2 Å². The number of fused-ring (bicyclic) bond motifs is 1. The quantitative estimate of drug-likeness (QED) is 0.107. The molecule has 1 amide bonds. The molecule has 0 unspecified atom stereocenters. The molecule has 0 saturated carbocycles. The number of phenols is 1. The summed E-state index contributed by atoms with van der Waals surface area (Å²) in [5, 5.41) is 24.1. The number of rotatable bonds is 7. The summed E-state index contributed by atoms with van der Waals surface area (Å²) >= 11 is 0. The van der Waals surface area contributed by atoms with Crippen LogP contribution in [0.15, 0.2) is 90.0 Å². The molecule has 4 aromatic rings. The summed E-state index contributed by atoms with van der Waals surface area (Å²) in [5.74, 6) is -1.04. The van der Waals surface area contributed by atoms with E-state index in [0.717, 1.165) is 18.4 Å². The summed E-state index contributed by atoms with van der Waals surface area (Å²) in [6.45, 7) is 2.09. The van der Waals surface area contributed by atoms with Gasteiger partial charge in [-0.25, -0.2) is 9.18 Å². The zero-order valence-electron chi connectivity index (χ0n) is 20.9. The Morgan fingerprint density at radius 3 is 2.51 bits per heavy atom. The maximum absolute atomic E-state index is 14.2. The van der Waals surface area contributed by atoms with Gasteiger partial charge in [-0.1, -0.05) is 49.7 Å². The Hall–Kier alpha value is -5.18. The number of amides is 1. The number of carbonyl (C=O) groups excluding carboxylic acids is 1. The molecule has 8 nitrogen and oxygen atoms in total. The van der Waals surface area contributed by atoms with E-state index in [-0.39, 0.29) is 22.9 Å². The summed E-state index contributed by atoms with van der Waals surface area (Å²) in [6.07, 6.45) is 0.473. The minimum atomic E-state index is -1.45. The number of para-hydroxylation sites is 1. The lowest BCUT2D eigenvalue weighted by Gasteiger charge is -2.17. The maximum atomic E-state index is 14.2. The van der Waals surface area contributed by atoms with Crippen molar-refractivity contribution in [3.63, 3.8) is 0 Å². The summed E-state index contributed by atoms with van der Waals surface area (Å²) in [7, 11) is 0. The highest BCUT2D eigenvalue weighted by Gasteiger charge is 2.35. The van der Waals surface area contributed by atoms with Crippen molar-refractivity contribution in [1.29, 1.82) is 0 Å². The molecule has 1 aliphatic heterocycles. The number of aromatic hydroxyl groups is 1. The van der Waals surface area contributed by atoms with E-state index in [4.69, 9.17) is 9.84 Å². The highest BCUT2D eigenvalue weighted by molar-refractivity contribution is 6.55. The van der Waals surface area contributed by atoms with Gasteiger partial charge in [-0.05, 0) is 66.1 Å². The van der Waals surface area contributed by atoms with Crippen LogP contribution in [0.4, 0.5) is 26.2 Å². The molecule has 1 aliphatic rings. The van der Waals surface area contributed by atoms with Gasteiger partial charge in [-0.15, -0.1) is 0 Å². The number of ether oxygens (including phenoxy) is 1. The van der Waals surface area contributed by atoms with Crippen LogP contribution in [0.3, 0.4) is 0 Å². The summed E-state index contributed by atoms with van der Waals surface area (Å²) in [6, 6.07) is 22.8. The number of benzene rings is 4. The number of halogens is 1. The SMILES string of the molecule is CCCc1ccc(N2C(=O)C(=NNc3cccc(-c4cccc(OC(=O)O)c4)c3O)c3cc(F)ccc32)cc1. The first-order valence-electron chi connectivity index (χ1n) is 12.3. The van der Waals surface area contributed by atoms with E-state index in [1.54, 1.807) is 30.3 Å². The van der Waals surface area contributed by atoms with Crippen molar-refractivity contribution in [2.24, 2.45) is 5.10 Å². The minimum Gasteiger partial charge on any atom is -0.505 e. The predicted molar refractivity (Wildman–Crippen MR) is 146 cm³/mol. The summed E-state index contributed by atoms with van der Waals surface area (Å²) in [5.41, 5.74) is 6.41. The Morgan fingerprint density at radius 1 is 1.00 bits per heavy atom. The molecule has 0 aromatic heterocycles. The average molecular weight is 526 g/mol. The molecular formula is C30H24FN3O5. The van der Waals surface area contributed by atoms with Crippen molar-refractivity contribution in [3.05, 3.63) is 102 Å². The molecule has 196 valence electrons. The second-order valence-electron chi connectivity index (χ2n) is 8.89. The topological polar surface area (TPSA) is 111 Å². The van der Waals surface area contributed by atoms with E-state index in [1.807, 2.05) is 24.3 Å². The first-order chi connectivity index (χ1) is 18.9. The van der Waals surface area contributed by atoms with Crippen molar-refractivity contribution < 1.29 is 28.9 Å². The fraction of sp³-hybridized carbons (Fsp3) is 0.100. The normalized spacial score (nSPS) is 13.4. The summed E-state index contributed by atoms with van der Waals surface area (Å²) in [4.78, 5) is 25.9. The second kappa shape index (κ2) is 10.7. The Labute approximate surface area is 223 Å². The molecule has 0 atom stereocenters. The molecule has 0 radical (unpaired) electrons. The van der Waals surface area contributed by atoms with Crippen LogP contribution in [-0.4, -0.2) is 28.0 Å². The van der Waals surface area contributed by atoms with Crippen LogP contribution >= 0.6 is 0 Å². The highest BCUT2D eigenvalue weighted by Crippen LogP contribution is 2.39. The van der Waals surface area contributed by atoms with Gasteiger partial charge in [-0.3, -0.25) is 15.1 Å². The number of aryl methyl sites for hydroxylation is 1. The third kappa shape index (κ3) is 5.15. The average Bonchev–Trinajstić information content (AvgIpc) is 3.18. The zero-order valence-corrected chi connectivity index (χ0v) is 20.9. The van der Waals surface area contributed by atoms with E-state index in [0.29, 0.717) is 28.1 Å². The lowest BCUT2D eigenvalue weighted by atomic mass is 10.0. The molecule has 3 N–H and O–H groups in total. The Balaban J connectivity index is 1.48. The fourth-order valence-corrected chi connectivity index (χ4v) is 4.50. The van der Waals surface area contributed by atoms with Crippen molar-refractivity contribution in [1.82, 2.24) is 0 Å². The van der Waals surface area contributed by atoms with E-state index in [2.05, 4.69) is 17.5 Å². The molecular weight excluding hydrogens is 501 g/mol. The number of nitrogens with zero attached hydrogens (tertiary/aromatic N) is 2. The van der Waals surface area contributed by atoms with Crippen molar-refractivity contribution in [2.45, 2.75) is 19.8 Å². The van der Waals surface area contributed by atoms with E-state index >= 15 is 0 Å². The van der Waals surface area contributed by atoms with Gasteiger partial charge < -0.3 is 14.9 Å². The number of carboxylic acid groups (broad SMARTS) is 1. The van der Waals surface area contributed by atoms with Gasteiger partial charge in [-0.2, -0.15) is 5.10 Å². The van der Waals surface area contributed by atoms with Crippen LogP contribution in [0.25, 0.3) is 11.1 Å². The molecule has 0 bridgehead atoms. The Bertz CT molecular complexity index is 1600. The van der Waals surface area contributed by atoms with Crippen LogP contribution in [0.2, 0.25) is 0 Å². The molecule has 0 spiro atoms. The minimum absolute atomic E-state index is 0.0104. The molecule has 0 saturated heterocycles. The lowest BCUT2D eigenvalue weighted by Crippen LogP contribution is -2.26. The monoisotopic (exact) mass is 525 g/mol. The Morgan fingerprint density at radius 2 is 1.77 bits per heavy atom. The molecule has 9 heteroatoms. The van der Waals surface area contributed by atoms with Crippen molar-refractivity contribution in [3.8, 4) is 22.6 Å². The van der Waals surface area contributed by atoms with Crippen LogP contribution in [0, 0.1) is 5.82 Å². The number of phenolic OH excluding ortho intramolecular Hbond substituents is 1. The van der Waals surface area contributed by atoms with Gasteiger partial charge >= 0.3 is 6.16 Å². The van der Waals surface area contributed by atoms with Crippen LogP contribution in [0.5, 0.6) is 11.5 Å². The summed E-state index contributed by atoms with van der Waals surface area (Å²) < 4.78 is 18.9. The first-order valence-corrected chi connectivity index (χ1v) is 12.3. The lowest BCUT2D eigenvalue weighted by molar-refractivity contribution is -0.111. The van der Waals surface area contributed by atoms with E-state index in [9.17, 15) is 19.1 Å². The molecule has 0 aliphatic carbocycles. The smallest absolute Gasteiger partial charge is 0.505 e. The van der Waals surface area contributed by atoms with Gasteiger partial charge in [0.15, 0.2) is 5.71 Å². The Kier molecular flexibility index (Phi) is 6.96. The number of hydrogen-bond donors (Lipinski definition) is 3. The first kappa shape index (κ1) is 25.5. The second-order valence-corrected chi connectivity index (χ2v) is 8.89. The number of carbonyl (C=O) groups is 2. The van der Waals surface area contributed by atoms with Gasteiger partial charge in [0.2, 0.25) is 0 Å². The van der Waals surface area contributed by atoms with Crippen molar-refractivity contribution >= 4 is 34.8 Å². The largest absolute Gasteiger partial charge is 0.511 e. The zero-order chi connectivity index (χ0) is 27.5. The van der Waals surface area contributed by atoms with Crippen LogP contribution < -0.4 is 15.1 Å². The van der Waals surface area contributed by atoms with Gasteiger partial charge in [0, 0.05) is 16.8 Å². The molecule has 5 rings (SSSR count). The molecule has 39 heavy (non-hydrogen) atoms. The van der Waals surface area contributed by atoms with Gasteiger partial charge in [0.25, 0.3) is 5.91 Å². The van der Waals surface area contributed by atoms with Gasteiger partial charge in [0.05, 0.1) is 11.4 Å². The third-order valence-corrected chi connectivity index (χ3v) is 6.27. The van der Waals surface area contributed by atoms with Crippen LogP contribution in [0.1, 0.15) is 24.5 Å². The molecule has 1 heterocycles. The molecule has 4 aromatic carbocycles. The predicted octanol–water partition coefficient (Wildman–Crippen LogP) is 6.70. The third-order valence-electron chi connectivity index (χ3n) is 6.27. The number of hydrazone groups is 1. The number of hydrogen-bond acceptors (Lipinski definition) is 6.